The minimum Gasteiger partial charge on any atom is -0.356 e. The molecule has 0 radical (unpaired) electrons. The van der Waals surface area contributed by atoms with Crippen molar-refractivity contribution < 1.29 is 4.79 Å². The first-order chi connectivity index (χ1) is 15.6. The number of pyridine rings is 1. The van der Waals surface area contributed by atoms with Crippen LogP contribution in [0.15, 0.2) is 60.2 Å². The Kier molecular flexibility index (Phi) is 5.57. The molecule has 1 fully saturated rings. The highest BCUT2D eigenvalue weighted by molar-refractivity contribution is 7.17. The fraction of sp³-hybridized carbons (Fsp3) is 0.280. The zero-order valence-electron chi connectivity index (χ0n) is 18.2. The third kappa shape index (κ3) is 3.84. The van der Waals surface area contributed by atoms with Gasteiger partial charge in [-0.15, -0.1) is 11.3 Å². The van der Waals surface area contributed by atoms with E-state index in [0.717, 1.165) is 58.7 Å². The number of rotatable bonds is 4. The largest absolute Gasteiger partial charge is 0.356 e. The van der Waals surface area contributed by atoms with E-state index in [1.165, 1.54) is 0 Å². The van der Waals surface area contributed by atoms with E-state index in [2.05, 4.69) is 39.5 Å². The van der Waals surface area contributed by atoms with E-state index in [9.17, 15) is 4.79 Å². The Balaban J connectivity index is 1.59. The number of aromatic nitrogens is 3. The molecule has 1 aromatic carbocycles. The number of fused-ring (bicyclic) bond motifs is 1. The molecule has 3 aromatic heterocycles. The molecule has 4 heterocycles. The predicted molar refractivity (Wildman–Crippen MR) is 130 cm³/mol. The molecule has 162 valence electrons. The Bertz CT molecular complexity index is 1230. The van der Waals surface area contributed by atoms with E-state index >= 15 is 0 Å². The molecule has 4 aromatic rings. The summed E-state index contributed by atoms with van der Waals surface area (Å²) < 4.78 is 0. The lowest BCUT2D eigenvalue weighted by atomic mass is 9.95. The Morgan fingerprint density at radius 1 is 1.03 bits per heavy atom. The third-order valence-corrected chi connectivity index (χ3v) is 6.88. The minimum atomic E-state index is 0.0763. The second-order valence-corrected chi connectivity index (χ2v) is 9.16. The molecule has 0 bridgehead atoms. The number of benzene rings is 1. The van der Waals surface area contributed by atoms with Gasteiger partial charge < -0.3 is 9.80 Å². The van der Waals surface area contributed by atoms with Crippen LogP contribution < -0.4 is 4.90 Å². The number of carbonyl (C=O) groups excluding carboxylic acids is 1. The molecular formula is C25H25N5OS. The van der Waals surface area contributed by atoms with Gasteiger partial charge in [0.1, 0.15) is 10.6 Å². The van der Waals surface area contributed by atoms with Gasteiger partial charge in [-0.3, -0.25) is 9.78 Å². The van der Waals surface area contributed by atoms with Crippen molar-refractivity contribution in [1.82, 2.24) is 19.9 Å². The Morgan fingerprint density at radius 2 is 1.78 bits per heavy atom. The van der Waals surface area contributed by atoms with Crippen molar-refractivity contribution in [3.05, 3.63) is 60.2 Å². The molecule has 0 saturated carbocycles. The summed E-state index contributed by atoms with van der Waals surface area (Å²) in [5, 5.41) is 3.26. The number of thiophene rings is 1. The number of nitrogens with zero attached hydrogens (tertiary/aromatic N) is 5. The average molecular weight is 444 g/mol. The summed E-state index contributed by atoms with van der Waals surface area (Å²) in [5.41, 5.74) is 3.23. The molecule has 0 unspecified atom stereocenters. The molecule has 32 heavy (non-hydrogen) atoms. The highest BCUT2D eigenvalue weighted by atomic mass is 32.1. The Labute approximate surface area is 191 Å². The maximum Gasteiger partial charge on any atom is 0.225 e. The molecule has 1 amide bonds. The first-order valence-electron chi connectivity index (χ1n) is 10.8. The van der Waals surface area contributed by atoms with Crippen molar-refractivity contribution in [1.29, 1.82) is 0 Å². The van der Waals surface area contributed by atoms with Gasteiger partial charge in [0.15, 0.2) is 5.82 Å². The normalized spacial score (nSPS) is 14.6. The molecule has 6 nitrogen and oxygen atoms in total. The Morgan fingerprint density at radius 3 is 2.47 bits per heavy atom. The maximum atomic E-state index is 12.5. The van der Waals surface area contributed by atoms with Gasteiger partial charge in [0.05, 0.1) is 5.39 Å². The number of piperidine rings is 1. The summed E-state index contributed by atoms with van der Waals surface area (Å²) in [6.45, 7) is 1.60. The summed E-state index contributed by atoms with van der Waals surface area (Å²) in [4.78, 5) is 31.7. The lowest BCUT2D eigenvalue weighted by Gasteiger charge is -2.33. The molecule has 0 atom stereocenters. The van der Waals surface area contributed by atoms with Gasteiger partial charge in [0.2, 0.25) is 5.91 Å². The lowest BCUT2D eigenvalue weighted by Crippen LogP contribution is -2.40. The van der Waals surface area contributed by atoms with Crippen molar-refractivity contribution in [3.63, 3.8) is 0 Å². The molecule has 0 N–H and O–H groups in total. The molecule has 1 aliphatic rings. The van der Waals surface area contributed by atoms with Crippen LogP contribution in [-0.2, 0) is 4.79 Å². The van der Waals surface area contributed by atoms with E-state index in [-0.39, 0.29) is 11.8 Å². The van der Waals surface area contributed by atoms with Gasteiger partial charge >= 0.3 is 0 Å². The Hall–Kier alpha value is -3.32. The highest BCUT2D eigenvalue weighted by Gasteiger charge is 2.29. The van der Waals surface area contributed by atoms with Gasteiger partial charge in [-0.2, -0.15) is 0 Å². The minimum absolute atomic E-state index is 0.0763. The zero-order chi connectivity index (χ0) is 22.1. The van der Waals surface area contributed by atoms with Crippen LogP contribution in [0.25, 0.3) is 32.7 Å². The van der Waals surface area contributed by atoms with E-state index in [4.69, 9.17) is 9.97 Å². The quantitative estimate of drug-likeness (QED) is 0.457. The molecule has 0 aliphatic carbocycles. The molecule has 0 spiro atoms. The molecular weight excluding hydrogens is 418 g/mol. The third-order valence-electron chi connectivity index (χ3n) is 6.00. The fourth-order valence-corrected chi connectivity index (χ4v) is 5.25. The predicted octanol–water partition coefficient (Wildman–Crippen LogP) is 4.72. The van der Waals surface area contributed by atoms with E-state index in [1.807, 2.05) is 32.3 Å². The smallest absolute Gasteiger partial charge is 0.225 e. The van der Waals surface area contributed by atoms with Crippen LogP contribution in [0.4, 0.5) is 5.82 Å². The average Bonchev–Trinajstić information content (AvgIpc) is 3.28. The number of hydrogen-bond donors (Lipinski definition) is 0. The molecule has 1 aliphatic heterocycles. The van der Waals surface area contributed by atoms with Crippen LogP contribution in [0.1, 0.15) is 12.8 Å². The first kappa shape index (κ1) is 20.6. The summed E-state index contributed by atoms with van der Waals surface area (Å²) in [5.74, 6) is 1.93. The zero-order valence-corrected chi connectivity index (χ0v) is 19.0. The molecule has 5 rings (SSSR count). The van der Waals surface area contributed by atoms with E-state index in [0.29, 0.717) is 5.82 Å². The fourth-order valence-electron chi connectivity index (χ4n) is 4.31. The van der Waals surface area contributed by atoms with Crippen LogP contribution in [0.5, 0.6) is 0 Å². The summed E-state index contributed by atoms with van der Waals surface area (Å²) in [6.07, 6.45) is 5.22. The van der Waals surface area contributed by atoms with Crippen LogP contribution >= 0.6 is 11.3 Å². The van der Waals surface area contributed by atoms with Crippen molar-refractivity contribution in [2.75, 3.05) is 32.1 Å². The number of hydrogen-bond acceptors (Lipinski definition) is 6. The van der Waals surface area contributed by atoms with Crippen LogP contribution in [0, 0.1) is 5.92 Å². The second-order valence-electron chi connectivity index (χ2n) is 8.30. The summed E-state index contributed by atoms with van der Waals surface area (Å²) in [6, 6.07) is 14.3. The van der Waals surface area contributed by atoms with Crippen LogP contribution in [0.2, 0.25) is 0 Å². The highest BCUT2D eigenvalue weighted by Crippen LogP contribution is 2.40. The van der Waals surface area contributed by atoms with E-state index in [1.54, 1.807) is 28.6 Å². The second kappa shape index (κ2) is 8.67. The van der Waals surface area contributed by atoms with Gasteiger partial charge in [-0.25, -0.2) is 9.97 Å². The molecule has 1 saturated heterocycles. The topological polar surface area (TPSA) is 62.2 Å². The van der Waals surface area contributed by atoms with Crippen molar-refractivity contribution in [2.45, 2.75) is 12.8 Å². The van der Waals surface area contributed by atoms with E-state index < -0.39 is 0 Å². The lowest BCUT2D eigenvalue weighted by molar-refractivity contribution is -0.133. The van der Waals surface area contributed by atoms with Gasteiger partial charge in [-0.1, -0.05) is 30.3 Å². The maximum absolute atomic E-state index is 12.5. The summed E-state index contributed by atoms with van der Waals surface area (Å²) in [7, 11) is 3.67. The van der Waals surface area contributed by atoms with Gasteiger partial charge in [-0.05, 0) is 30.5 Å². The number of carbonyl (C=O) groups is 1. The van der Waals surface area contributed by atoms with Crippen LogP contribution in [-0.4, -0.2) is 52.9 Å². The molecule has 7 heteroatoms. The number of anilines is 1. The monoisotopic (exact) mass is 443 g/mol. The van der Waals surface area contributed by atoms with Gasteiger partial charge in [0.25, 0.3) is 0 Å². The van der Waals surface area contributed by atoms with Crippen molar-refractivity contribution in [2.24, 2.45) is 5.92 Å². The van der Waals surface area contributed by atoms with Gasteiger partial charge in [0, 0.05) is 62.0 Å². The van der Waals surface area contributed by atoms with Crippen LogP contribution in [0.3, 0.4) is 0 Å². The SMILES string of the molecule is CN(C)C(=O)C1CCN(c2nc(-c3cccnc3)nc3scc(-c4ccccc4)c23)CC1. The van der Waals surface area contributed by atoms with Crippen molar-refractivity contribution >= 4 is 33.3 Å². The summed E-state index contributed by atoms with van der Waals surface area (Å²) >= 11 is 1.65. The van der Waals surface area contributed by atoms with Crippen molar-refractivity contribution in [3.8, 4) is 22.5 Å². The number of amides is 1. The first-order valence-corrected chi connectivity index (χ1v) is 11.7. The standard InChI is InChI=1S/C25H25N5OS/c1-29(2)25(31)18-10-13-30(14-11-18)23-21-20(17-7-4-3-5-8-17)16-32-24(21)28-22(27-23)19-9-6-12-26-15-19/h3-9,12,15-16,18H,10-11,13-14H2,1-2H3.